The summed E-state index contributed by atoms with van der Waals surface area (Å²) in [5, 5.41) is 3.41. The maximum Gasteiger partial charge on any atom is 0.0544 e. The Morgan fingerprint density at radius 3 is 2.60 bits per heavy atom. The molecule has 0 aliphatic carbocycles. The van der Waals surface area contributed by atoms with Crippen molar-refractivity contribution in [2.45, 2.75) is 53.6 Å². The Kier molecular flexibility index (Phi) is 8.47. The van der Waals surface area contributed by atoms with Crippen molar-refractivity contribution in [1.29, 1.82) is 0 Å². The van der Waals surface area contributed by atoms with Gasteiger partial charge in [0.05, 0.1) is 5.69 Å². The highest BCUT2D eigenvalue weighted by molar-refractivity contribution is 5.14. The van der Waals surface area contributed by atoms with Gasteiger partial charge in [-0.15, -0.1) is 0 Å². The van der Waals surface area contributed by atoms with Crippen LogP contribution in [0.5, 0.6) is 0 Å². The summed E-state index contributed by atoms with van der Waals surface area (Å²) in [6.45, 7) is 14.2. The molecular weight excluding hydrogens is 246 g/mol. The van der Waals surface area contributed by atoms with Gasteiger partial charge in [-0.05, 0) is 37.1 Å². The molecule has 0 spiro atoms. The molecule has 20 heavy (non-hydrogen) atoms. The maximum absolute atomic E-state index is 4.60. The molecule has 1 atom stereocenters. The second kappa shape index (κ2) is 9.89. The molecule has 0 fully saturated rings. The maximum atomic E-state index is 4.60. The van der Waals surface area contributed by atoms with Crippen LogP contribution in [-0.4, -0.2) is 29.5 Å². The van der Waals surface area contributed by atoms with Crippen LogP contribution in [-0.2, 0) is 13.1 Å². The molecule has 1 N–H and O–H groups in total. The number of nitrogens with zero attached hydrogens (tertiary/aromatic N) is 2. The molecule has 1 heterocycles. The predicted molar refractivity (Wildman–Crippen MR) is 86.6 cm³/mol. The number of aromatic nitrogens is 1. The zero-order chi connectivity index (χ0) is 14.8. The van der Waals surface area contributed by atoms with Crippen molar-refractivity contribution in [3.05, 3.63) is 29.6 Å². The van der Waals surface area contributed by atoms with Crippen LogP contribution in [0.25, 0.3) is 0 Å². The van der Waals surface area contributed by atoms with E-state index >= 15 is 0 Å². The second-order valence-corrected chi connectivity index (χ2v) is 5.68. The molecule has 0 saturated carbocycles. The van der Waals surface area contributed by atoms with Gasteiger partial charge in [-0.3, -0.25) is 9.88 Å². The van der Waals surface area contributed by atoms with E-state index in [0.29, 0.717) is 0 Å². The zero-order valence-corrected chi connectivity index (χ0v) is 13.7. The lowest BCUT2D eigenvalue weighted by molar-refractivity contribution is 0.235. The highest BCUT2D eigenvalue weighted by atomic mass is 15.1. The lowest BCUT2D eigenvalue weighted by Gasteiger charge is -2.23. The third-order valence-electron chi connectivity index (χ3n) is 3.74. The smallest absolute Gasteiger partial charge is 0.0544 e. The molecule has 114 valence electrons. The molecular formula is C17H31N3. The molecule has 0 aliphatic rings. The molecule has 0 aliphatic heterocycles. The van der Waals surface area contributed by atoms with Crippen molar-refractivity contribution < 1.29 is 0 Å². The van der Waals surface area contributed by atoms with E-state index in [9.17, 15) is 0 Å². The standard InChI is InChI=1S/C17H31N3/c1-5-10-18-11-16-8-9-17(19-12-16)14-20(7-3)13-15(4)6-2/h8-9,12,15,18H,5-7,10-11,13-14H2,1-4H3. The van der Waals surface area contributed by atoms with Gasteiger partial charge in [0.25, 0.3) is 0 Å². The van der Waals surface area contributed by atoms with Crippen LogP contribution in [0.4, 0.5) is 0 Å². The van der Waals surface area contributed by atoms with Crippen molar-refractivity contribution in [2.24, 2.45) is 5.92 Å². The number of hydrogen-bond acceptors (Lipinski definition) is 3. The highest BCUT2D eigenvalue weighted by Crippen LogP contribution is 2.08. The molecule has 1 rings (SSSR count). The zero-order valence-electron chi connectivity index (χ0n) is 13.7. The van der Waals surface area contributed by atoms with Gasteiger partial charge in [-0.2, -0.15) is 0 Å². The summed E-state index contributed by atoms with van der Waals surface area (Å²) >= 11 is 0. The Bertz CT molecular complexity index is 348. The number of hydrogen-bond donors (Lipinski definition) is 1. The first-order chi connectivity index (χ1) is 9.69. The quantitative estimate of drug-likeness (QED) is 0.664. The minimum absolute atomic E-state index is 0.757. The Balaban J connectivity index is 2.46. The van der Waals surface area contributed by atoms with Crippen LogP contribution in [0.3, 0.4) is 0 Å². The summed E-state index contributed by atoms with van der Waals surface area (Å²) in [6, 6.07) is 4.37. The van der Waals surface area contributed by atoms with Crippen LogP contribution in [0.15, 0.2) is 18.3 Å². The van der Waals surface area contributed by atoms with Gasteiger partial charge in [0.15, 0.2) is 0 Å². The molecule has 1 aromatic heterocycles. The van der Waals surface area contributed by atoms with Crippen molar-refractivity contribution in [3.63, 3.8) is 0 Å². The summed E-state index contributed by atoms with van der Waals surface area (Å²) in [4.78, 5) is 7.07. The van der Waals surface area contributed by atoms with E-state index in [1.807, 2.05) is 6.20 Å². The number of nitrogens with one attached hydrogen (secondary N) is 1. The Labute approximate surface area is 124 Å². The third-order valence-corrected chi connectivity index (χ3v) is 3.74. The monoisotopic (exact) mass is 277 g/mol. The SMILES string of the molecule is CCCNCc1ccc(CN(CC)CC(C)CC)nc1. The summed E-state index contributed by atoms with van der Waals surface area (Å²) in [6.07, 6.45) is 4.42. The van der Waals surface area contributed by atoms with E-state index in [1.54, 1.807) is 0 Å². The fraction of sp³-hybridized carbons (Fsp3) is 0.706. The van der Waals surface area contributed by atoms with E-state index in [4.69, 9.17) is 0 Å². The van der Waals surface area contributed by atoms with E-state index in [0.717, 1.165) is 38.6 Å². The third kappa shape index (κ3) is 6.49. The lowest BCUT2D eigenvalue weighted by Crippen LogP contribution is -2.28. The average molecular weight is 277 g/mol. The lowest BCUT2D eigenvalue weighted by atomic mass is 10.1. The molecule has 0 aromatic carbocycles. The molecule has 1 unspecified atom stereocenters. The molecule has 0 radical (unpaired) electrons. The van der Waals surface area contributed by atoms with E-state index in [-0.39, 0.29) is 0 Å². The van der Waals surface area contributed by atoms with Crippen molar-refractivity contribution in [2.75, 3.05) is 19.6 Å². The van der Waals surface area contributed by atoms with Gasteiger partial charge < -0.3 is 5.32 Å². The van der Waals surface area contributed by atoms with Crippen molar-refractivity contribution >= 4 is 0 Å². The topological polar surface area (TPSA) is 28.2 Å². The van der Waals surface area contributed by atoms with Gasteiger partial charge in [-0.1, -0.05) is 40.2 Å². The van der Waals surface area contributed by atoms with Crippen molar-refractivity contribution in [3.8, 4) is 0 Å². The van der Waals surface area contributed by atoms with E-state index in [1.165, 1.54) is 24.1 Å². The predicted octanol–water partition coefficient (Wildman–Crippen LogP) is 3.45. The number of rotatable bonds is 10. The first kappa shape index (κ1) is 17.1. The first-order valence-electron chi connectivity index (χ1n) is 8.06. The normalized spacial score (nSPS) is 12.8. The molecule has 0 amide bonds. The van der Waals surface area contributed by atoms with Crippen LogP contribution in [0.2, 0.25) is 0 Å². The molecule has 0 saturated heterocycles. The Morgan fingerprint density at radius 2 is 2.05 bits per heavy atom. The van der Waals surface area contributed by atoms with Gasteiger partial charge >= 0.3 is 0 Å². The van der Waals surface area contributed by atoms with E-state index < -0.39 is 0 Å². The molecule has 0 bridgehead atoms. The Morgan fingerprint density at radius 1 is 1.25 bits per heavy atom. The van der Waals surface area contributed by atoms with Gasteiger partial charge in [0.2, 0.25) is 0 Å². The fourth-order valence-electron chi connectivity index (χ4n) is 2.17. The summed E-state index contributed by atoms with van der Waals surface area (Å²) in [7, 11) is 0. The first-order valence-corrected chi connectivity index (χ1v) is 8.06. The van der Waals surface area contributed by atoms with Crippen LogP contribution in [0.1, 0.15) is 51.8 Å². The summed E-state index contributed by atoms with van der Waals surface area (Å²) in [5.41, 5.74) is 2.45. The molecule has 1 aromatic rings. The minimum atomic E-state index is 0.757. The Hall–Kier alpha value is -0.930. The fourth-order valence-corrected chi connectivity index (χ4v) is 2.17. The van der Waals surface area contributed by atoms with Crippen LogP contribution < -0.4 is 5.32 Å². The summed E-state index contributed by atoms with van der Waals surface area (Å²) in [5.74, 6) is 0.757. The van der Waals surface area contributed by atoms with Crippen LogP contribution >= 0.6 is 0 Å². The second-order valence-electron chi connectivity index (χ2n) is 5.68. The number of pyridine rings is 1. The van der Waals surface area contributed by atoms with E-state index in [2.05, 4.69) is 55.0 Å². The molecule has 3 nitrogen and oxygen atoms in total. The van der Waals surface area contributed by atoms with Crippen LogP contribution in [0, 0.1) is 5.92 Å². The largest absolute Gasteiger partial charge is 0.313 e. The average Bonchev–Trinajstić information content (AvgIpc) is 2.48. The highest BCUT2D eigenvalue weighted by Gasteiger charge is 2.08. The summed E-state index contributed by atoms with van der Waals surface area (Å²) < 4.78 is 0. The van der Waals surface area contributed by atoms with Gasteiger partial charge in [0.1, 0.15) is 0 Å². The van der Waals surface area contributed by atoms with Gasteiger partial charge in [-0.25, -0.2) is 0 Å². The molecule has 3 heteroatoms. The van der Waals surface area contributed by atoms with Gasteiger partial charge in [0, 0.05) is 25.8 Å². The minimum Gasteiger partial charge on any atom is -0.313 e. The van der Waals surface area contributed by atoms with Crippen molar-refractivity contribution in [1.82, 2.24) is 15.2 Å².